The lowest BCUT2D eigenvalue weighted by atomic mass is 10.2. The quantitative estimate of drug-likeness (QED) is 0.411. The zero-order chi connectivity index (χ0) is 20.4. The Morgan fingerprint density at radius 3 is 2.48 bits per heavy atom. The molecule has 6 nitrogen and oxygen atoms in total. The second-order valence-corrected chi connectivity index (χ2v) is 6.72. The van der Waals surface area contributed by atoms with Crippen LogP contribution in [0.1, 0.15) is 5.56 Å². The van der Waals surface area contributed by atoms with Gasteiger partial charge in [0, 0.05) is 5.56 Å². The Balaban J connectivity index is 1.64. The number of rotatable bonds is 6. The molecule has 0 radical (unpaired) electrons. The molecule has 0 fully saturated rings. The predicted molar refractivity (Wildman–Crippen MR) is 104 cm³/mol. The van der Waals surface area contributed by atoms with Crippen molar-refractivity contribution in [1.29, 1.82) is 0 Å². The van der Waals surface area contributed by atoms with Gasteiger partial charge in [-0.05, 0) is 42.0 Å². The third-order valence-corrected chi connectivity index (χ3v) is 4.73. The van der Waals surface area contributed by atoms with Crippen LogP contribution in [0.5, 0.6) is 11.6 Å². The van der Waals surface area contributed by atoms with Gasteiger partial charge in [-0.1, -0.05) is 29.3 Å². The molecule has 2 aromatic heterocycles. The third kappa shape index (κ3) is 4.23. The molecule has 0 unspecified atom stereocenters. The normalized spacial score (nSPS) is 11.2. The van der Waals surface area contributed by atoms with Crippen molar-refractivity contribution in [2.75, 3.05) is 0 Å². The average Bonchev–Trinajstić information content (AvgIpc) is 3.14. The van der Waals surface area contributed by atoms with Crippen LogP contribution < -0.4 is 9.47 Å². The molecule has 4 rings (SSSR count). The summed E-state index contributed by atoms with van der Waals surface area (Å²) < 4.78 is 36.6. The van der Waals surface area contributed by atoms with Gasteiger partial charge in [0.15, 0.2) is 11.5 Å². The van der Waals surface area contributed by atoms with Gasteiger partial charge in [0.05, 0.1) is 22.4 Å². The molecule has 0 aliphatic heterocycles. The van der Waals surface area contributed by atoms with Gasteiger partial charge in [-0.2, -0.15) is 8.78 Å². The maximum Gasteiger partial charge on any atom is 0.387 e. The number of hydrogen-bond donors (Lipinski definition) is 0. The number of nitrogens with zero attached hydrogens (tertiary/aromatic N) is 4. The monoisotopic (exact) mass is 436 g/mol. The van der Waals surface area contributed by atoms with Crippen LogP contribution in [-0.2, 0) is 6.61 Å². The molecular formula is C19H12Cl2F2N4O2. The number of benzene rings is 2. The molecule has 0 spiro atoms. The van der Waals surface area contributed by atoms with Crippen molar-refractivity contribution >= 4 is 28.8 Å². The third-order valence-electron chi connectivity index (χ3n) is 3.99. The van der Waals surface area contributed by atoms with Gasteiger partial charge in [0.1, 0.15) is 12.4 Å². The van der Waals surface area contributed by atoms with Crippen molar-refractivity contribution < 1.29 is 18.3 Å². The molecule has 2 aromatic carbocycles. The van der Waals surface area contributed by atoms with Gasteiger partial charge in [0.2, 0.25) is 5.88 Å². The zero-order valence-electron chi connectivity index (χ0n) is 14.6. The SMILES string of the molecule is FC(F)Oc1ccc(-c2nnc3cncc(OCc4ccc(Cl)c(Cl)c4)n23)cc1. The molecule has 0 aliphatic rings. The first-order valence-corrected chi connectivity index (χ1v) is 9.08. The van der Waals surface area contributed by atoms with E-state index in [9.17, 15) is 8.78 Å². The molecule has 0 aliphatic carbocycles. The van der Waals surface area contributed by atoms with Crippen LogP contribution >= 0.6 is 23.2 Å². The summed E-state index contributed by atoms with van der Waals surface area (Å²) >= 11 is 12.0. The van der Waals surface area contributed by atoms with E-state index in [1.165, 1.54) is 24.5 Å². The lowest BCUT2D eigenvalue weighted by molar-refractivity contribution is -0.0498. The Labute approximate surface area is 173 Å². The molecule has 10 heteroatoms. The van der Waals surface area contributed by atoms with Crippen LogP contribution in [0.2, 0.25) is 10.0 Å². The van der Waals surface area contributed by atoms with E-state index >= 15 is 0 Å². The fraction of sp³-hybridized carbons (Fsp3) is 0.105. The lowest BCUT2D eigenvalue weighted by Crippen LogP contribution is -2.03. The molecule has 0 atom stereocenters. The summed E-state index contributed by atoms with van der Waals surface area (Å²) in [5.41, 5.74) is 1.93. The fourth-order valence-electron chi connectivity index (χ4n) is 2.68. The van der Waals surface area contributed by atoms with E-state index in [1.807, 2.05) is 0 Å². The maximum atomic E-state index is 12.3. The first-order valence-electron chi connectivity index (χ1n) is 8.32. The maximum absolute atomic E-state index is 12.3. The Hall–Kier alpha value is -2.97. The Morgan fingerprint density at radius 2 is 1.76 bits per heavy atom. The Morgan fingerprint density at radius 1 is 0.966 bits per heavy atom. The lowest BCUT2D eigenvalue weighted by Gasteiger charge is -2.10. The van der Waals surface area contributed by atoms with Crippen LogP contribution in [0, 0.1) is 0 Å². The van der Waals surface area contributed by atoms with E-state index < -0.39 is 6.61 Å². The summed E-state index contributed by atoms with van der Waals surface area (Å²) in [4.78, 5) is 4.11. The summed E-state index contributed by atoms with van der Waals surface area (Å²) in [5, 5.41) is 9.14. The number of alkyl halides is 2. The summed E-state index contributed by atoms with van der Waals surface area (Å²) in [6.45, 7) is -2.67. The van der Waals surface area contributed by atoms with Crippen molar-refractivity contribution in [3.8, 4) is 23.0 Å². The second-order valence-electron chi connectivity index (χ2n) is 5.90. The van der Waals surface area contributed by atoms with Crippen LogP contribution in [0.25, 0.3) is 17.0 Å². The van der Waals surface area contributed by atoms with Crippen molar-refractivity contribution in [3.05, 3.63) is 70.5 Å². The van der Waals surface area contributed by atoms with E-state index in [1.54, 1.807) is 34.7 Å². The molecule has 0 amide bonds. The smallest absolute Gasteiger partial charge is 0.387 e. The number of halogens is 4. The molecular weight excluding hydrogens is 425 g/mol. The molecule has 29 heavy (non-hydrogen) atoms. The van der Waals surface area contributed by atoms with E-state index in [0.717, 1.165) is 5.56 Å². The minimum absolute atomic E-state index is 0.0512. The van der Waals surface area contributed by atoms with Crippen LogP contribution in [0.15, 0.2) is 54.9 Å². The highest BCUT2D eigenvalue weighted by Gasteiger charge is 2.14. The van der Waals surface area contributed by atoms with Gasteiger partial charge in [0.25, 0.3) is 0 Å². The summed E-state index contributed by atoms with van der Waals surface area (Å²) in [6.07, 6.45) is 3.07. The predicted octanol–water partition coefficient (Wildman–Crippen LogP) is 5.28. The average molecular weight is 437 g/mol. The topological polar surface area (TPSA) is 61.5 Å². The number of hydrogen-bond acceptors (Lipinski definition) is 5. The fourth-order valence-corrected chi connectivity index (χ4v) is 3.00. The zero-order valence-corrected chi connectivity index (χ0v) is 16.1. The molecule has 0 N–H and O–H groups in total. The van der Waals surface area contributed by atoms with E-state index in [2.05, 4.69) is 19.9 Å². The van der Waals surface area contributed by atoms with E-state index in [4.69, 9.17) is 27.9 Å². The van der Waals surface area contributed by atoms with Gasteiger partial charge in [-0.3, -0.25) is 4.98 Å². The molecule has 148 valence electrons. The highest BCUT2D eigenvalue weighted by atomic mass is 35.5. The van der Waals surface area contributed by atoms with E-state index in [0.29, 0.717) is 33.0 Å². The standard InChI is InChI=1S/C19H12Cl2F2N4O2/c20-14-6-1-11(7-15(14)21)10-28-17-9-24-8-16-25-26-18(27(16)17)12-2-4-13(5-3-12)29-19(22)23/h1-9,19H,10H2. The second kappa shape index (κ2) is 8.18. The van der Waals surface area contributed by atoms with Crippen molar-refractivity contribution in [1.82, 2.24) is 19.6 Å². The van der Waals surface area contributed by atoms with Gasteiger partial charge >= 0.3 is 6.61 Å². The Bertz CT molecular complexity index is 1150. The Kier molecular flexibility index (Phi) is 5.46. The summed E-state index contributed by atoms with van der Waals surface area (Å²) in [6, 6.07) is 11.3. The molecule has 0 bridgehead atoms. The van der Waals surface area contributed by atoms with Crippen molar-refractivity contribution in [2.45, 2.75) is 13.2 Å². The van der Waals surface area contributed by atoms with Gasteiger partial charge in [-0.25, -0.2) is 4.40 Å². The van der Waals surface area contributed by atoms with Crippen molar-refractivity contribution in [2.24, 2.45) is 0 Å². The minimum atomic E-state index is -2.89. The molecule has 4 aromatic rings. The largest absolute Gasteiger partial charge is 0.473 e. The van der Waals surface area contributed by atoms with E-state index in [-0.39, 0.29) is 12.4 Å². The highest BCUT2D eigenvalue weighted by molar-refractivity contribution is 6.42. The van der Waals surface area contributed by atoms with Crippen LogP contribution in [-0.4, -0.2) is 26.2 Å². The first-order chi connectivity index (χ1) is 14.0. The molecule has 0 saturated heterocycles. The first kappa shape index (κ1) is 19.4. The van der Waals surface area contributed by atoms with Crippen LogP contribution in [0.4, 0.5) is 8.78 Å². The minimum Gasteiger partial charge on any atom is -0.473 e. The van der Waals surface area contributed by atoms with Crippen LogP contribution in [0.3, 0.4) is 0 Å². The van der Waals surface area contributed by atoms with Gasteiger partial charge in [-0.15, -0.1) is 10.2 Å². The highest BCUT2D eigenvalue weighted by Crippen LogP contribution is 2.27. The van der Waals surface area contributed by atoms with Gasteiger partial charge < -0.3 is 9.47 Å². The molecule has 0 saturated carbocycles. The summed E-state index contributed by atoms with van der Waals surface area (Å²) in [7, 11) is 0. The number of ether oxygens (including phenoxy) is 2. The number of aromatic nitrogens is 4. The summed E-state index contributed by atoms with van der Waals surface area (Å²) in [5.74, 6) is 0.923. The molecule has 2 heterocycles. The number of fused-ring (bicyclic) bond motifs is 1. The van der Waals surface area contributed by atoms with Crippen molar-refractivity contribution in [3.63, 3.8) is 0 Å².